The summed E-state index contributed by atoms with van der Waals surface area (Å²) >= 11 is 0. The monoisotopic (exact) mass is 388 g/mol. The van der Waals surface area contributed by atoms with Crippen molar-refractivity contribution in [3.63, 3.8) is 0 Å². The van der Waals surface area contributed by atoms with E-state index in [4.69, 9.17) is 14.2 Å². The molecule has 0 saturated heterocycles. The molecule has 0 heterocycles. The third-order valence-electron chi connectivity index (χ3n) is 4.31. The Bertz CT molecular complexity index is 975. The van der Waals surface area contributed by atoms with Crippen molar-refractivity contribution in [3.8, 4) is 23.0 Å². The van der Waals surface area contributed by atoms with Crippen LogP contribution in [0.5, 0.6) is 23.0 Å². The Kier molecular flexibility index (Phi) is 5.93. The molecule has 2 N–H and O–H groups in total. The molecule has 0 aliphatic carbocycles. The van der Waals surface area contributed by atoms with E-state index in [0.717, 1.165) is 0 Å². The van der Waals surface area contributed by atoms with Gasteiger partial charge in [-0.25, -0.2) is 9.59 Å². The Morgan fingerprint density at radius 3 is 2.11 bits per heavy atom. The van der Waals surface area contributed by atoms with Crippen LogP contribution in [0.15, 0.2) is 12.1 Å². The van der Waals surface area contributed by atoms with E-state index in [1.54, 1.807) is 13.8 Å². The summed E-state index contributed by atoms with van der Waals surface area (Å²) in [6.45, 7) is 4.69. The van der Waals surface area contributed by atoms with E-state index in [9.17, 15) is 24.6 Å². The Balaban J connectivity index is 2.56. The lowest BCUT2D eigenvalue weighted by atomic mass is 10.0. The fourth-order valence-corrected chi connectivity index (χ4v) is 2.89. The zero-order chi connectivity index (χ0) is 21.2. The molecule has 2 rings (SSSR count). The van der Waals surface area contributed by atoms with Gasteiger partial charge >= 0.3 is 11.9 Å². The van der Waals surface area contributed by atoms with E-state index in [0.29, 0.717) is 11.1 Å². The van der Waals surface area contributed by atoms with Crippen molar-refractivity contribution in [2.75, 3.05) is 14.2 Å². The molecule has 0 spiro atoms. The van der Waals surface area contributed by atoms with E-state index in [2.05, 4.69) is 0 Å². The molecule has 0 atom stereocenters. The maximum Gasteiger partial charge on any atom is 0.347 e. The quantitative estimate of drug-likeness (QED) is 0.456. The highest BCUT2D eigenvalue weighted by Crippen LogP contribution is 2.37. The van der Waals surface area contributed by atoms with Gasteiger partial charge in [0.15, 0.2) is 6.29 Å². The van der Waals surface area contributed by atoms with Crippen LogP contribution in [0.2, 0.25) is 0 Å². The first-order valence-corrected chi connectivity index (χ1v) is 8.17. The SMILES string of the molecule is COC(=O)c1c(C)cc(OC(=O)c2c(C)cc(O)c(C=O)c2O)c(C)c1OC. The number of hydrogen-bond donors (Lipinski definition) is 2. The van der Waals surface area contributed by atoms with Gasteiger partial charge in [0.1, 0.15) is 34.1 Å². The van der Waals surface area contributed by atoms with Gasteiger partial charge in [0, 0.05) is 5.56 Å². The first-order chi connectivity index (χ1) is 13.2. The number of rotatable bonds is 5. The normalized spacial score (nSPS) is 10.3. The maximum atomic E-state index is 12.7. The second-order valence-electron chi connectivity index (χ2n) is 6.07. The largest absolute Gasteiger partial charge is 0.507 e. The number of phenols is 2. The molecule has 0 aliphatic rings. The fraction of sp³-hybridized carbons (Fsp3) is 0.250. The molecule has 0 aromatic heterocycles. The predicted octanol–water partition coefficient (Wildman–Crippen LogP) is 2.85. The first-order valence-electron chi connectivity index (χ1n) is 8.17. The number of aromatic hydroxyl groups is 2. The number of carbonyl (C=O) groups is 3. The van der Waals surface area contributed by atoms with Crippen LogP contribution in [0.1, 0.15) is 47.8 Å². The molecule has 148 valence electrons. The number of methoxy groups -OCH3 is 2. The van der Waals surface area contributed by atoms with Crippen LogP contribution in [0.4, 0.5) is 0 Å². The molecule has 8 nitrogen and oxygen atoms in total. The Labute approximate surface area is 161 Å². The summed E-state index contributed by atoms with van der Waals surface area (Å²) < 4.78 is 15.4. The van der Waals surface area contributed by atoms with E-state index >= 15 is 0 Å². The highest BCUT2D eigenvalue weighted by atomic mass is 16.5. The molecule has 0 fully saturated rings. The molecule has 0 amide bonds. The lowest BCUT2D eigenvalue weighted by Crippen LogP contribution is -2.14. The lowest BCUT2D eigenvalue weighted by molar-refractivity contribution is 0.0596. The average Bonchev–Trinajstić information content (AvgIpc) is 2.63. The number of hydrogen-bond acceptors (Lipinski definition) is 8. The van der Waals surface area contributed by atoms with Gasteiger partial charge in [-0.05, 0) is 44.0 Å². The first kappa shape index (κ1) is 20.8. The number of benzene rings is 2. The van der Waals surface area contributed by atoms with Crippen molar-refractivity contribution in [2.24, 2.45) is 0 Å². The molecular weight excluding hydrogens is 368 g/mol. The summed E-state index contributed by atoms with van der Waals surface area (Å²) in [5.41, 5.74) is 0.579. The standard InChI is InChI=1S/C20H20O8/c1-9-6-13(22)12(8-21)17(23)15(9)20(25)28-14-7-10(2)16(19(24)27-5)18(26-4)11(14)3/h6-8,22-23H,1-5H3. The molecule has 8 heteroatoms. The number of ether oxygens (including phenoxy) is 3. The van der Waals surface area contributed by atoms with Crippen LogP contribution in [0, 0.1) is 20.8 Å². The maximum absolute atomic E-state index is 12.7. The van der Waals surface area contributed by atoms with Crippen LogP contribution in [0.3, 0.4) is 0 Å². The second kappa shape index (κ2) is 7.99. The van der Waals surface area contributed by atoms with Crippen molar-refractivity contribution < 1.29 is 38.8 Å². The fourth-order valence-electron chi connectivity index (χ4n) is 2.89. The molecule has 0 saturated carbocycles. The third kappa shape index (κ3) is 3.48. The van der Waals surface area contributed by atoms with Gasteiger partial charge in [-0.2, -0.15) is 0 Å². The number of carbonyl (C=O) groups excluding carboxylic acids is 3. The van der Waals surface area contributed by atoms with Gasteiger partial charge in [-0.1, -0.05) is 0 Å². The van der Waals surface area contributed by atoms with Gasteiger partial charge in [-0.3, -0.25) is 4.79 Å². The molecular formula is C20H20O8. The molecule has 0 radical (unpaired) electrons. The van der Waals surface area contributed by atoms with Crippen molar-refractivity contribution in [1.82, 2.24) is 0 Å². The smallest absolute Gasteiger partial charge is 0.347 e. The van der Waals surface area contributed by atoms with Crippen LogP contribution < -0.4 is 9.47 Å². The van der Waals surface area contributed by atoms with Crippen LogP contribution in [0.25, 0.3) is 0 Å². The summed E-state index contributed by atoms with van der Waals surface area (Å²) in [6, 6.07) is 2.65. The zero-order valence-corrected chi connectivity index (χ0v) is 16.1. The molecule has 2 aromatic rings. The minimum Gasteiger partial charge on any atom is -0.507 e. The molecule has 2 aromatic carbocycles. The van der Waals surface area contributed by atoms with Crippen LogP contribution >= 0.6 is 0 Å². The number of aryl methyl sites for hydroxylation is 2. The van der Waals surface area contributed by atoms with E-state index in [-0.39, 0.29) is 34.5 Å². The van der Waals surface area contributed by atoms with Gasteiger partial charge in [0.25, 0.3) is 0 Å². The van der Waals surface area contributed by atoms with E-state index in [1.165, 1.54) is 33.3 Å². The van der Waals surface area contributed by atoms with Crippen molar-refractivity contribution in [1.29, 1.82) is 0 Å². The van der Waals surface area contributed by atoms with Gasteiger partial charge in [-0.15, -0.1) is 0 Å². The topological polar surface area (TPSA) is 119 Å². The summed E-state index contributed by atoms with van der Waals surface area (Å²) in [4.78, 5) is 35.7. The summed E-state index contributed by atoms with van der Waals surface area (Å²) in [6.07, 6.45) is 0.241. The van der Waals surface area contributed by atoms with Gasteiger partial charge in [0.2, 0.25) is 0 Å². The molecule has 28 heavy (non-hydrogen) atoms. The lowest BCUT2D eigenvalue weighted by Gasteiger charge is -2.17. The highest BCUT2D eigenvalue weighted by molar-refractivity contribution is 6.00. The van der Waals surface area contributed by atoms with Gasteiger partial charge < -0.3 is 24.4 Å². The highest BCUT2D eigenvalue weighted by Gasteiger charge is 2.26. The Morgan fingerprint density at radius 2 is 1.57 bits per heavy atom. The Morgan fingerprint density at radius 1 is 0.964 bits per heavy atom. The summed E-state index contributed by atoms with van der Waals surface area (Å²) in [5.74, 6) is -2.37. The molecule has 0 bridgehead atoms. The predicted molar refractivity (Wildman–Crippen MR) is 98.7 cm³/mol. The molecule has 0 unspecified atom stereocenters. The van der Waals surface area contributed by atoms with Crippen LogP contribution in [-0.4, -0.2) is 42.7 Å². The average molecular weight is 388 g/mol. The second-order valence-corrected chi connectivity index (χ2v) is 6.07. The molecule has 0 aliphatic heterocycles. The summed E-state index contributed by atoms with van der Waals surface area (Å²) in [7, 11) is 2.61. The van der Waals surface area contributed by atoms with Crippen molar-refractivity contribution >= 4 is 18.2 Å². The minimum atomic E-state index is -0.937. The van der Waals surface area contributed by atoms with E-state index < -0.39 is 29.0 Å². The number of aldehydes is 1. The van der Waals surface area contributed by atoms with E-state index in [1.807, 2.05) is 0 Å². The van der Waals surface area contributed by atoms with Crippen molar-refractivity contribution in [3.05, 3.63) is 45.5 Å². The third-order valence-corrected chi connectivity index (χ3v) is 4.31. The Hall–Kier alpha value is -3.55. The minimum absolute atomic E-state index is 0.103. The van der Waals surface area contributed by atoms with Gasteiger partial charge in [0.05, 0.1) is 19.8 Å². The van der Waals surface area contributed by atoms with Crippen molar-refractivity contribution in [2.45, 2.75) is 20.8 Å². The number of esters is 2. The zero-order valence-electron chi connectivity index (χ0n) is 16.1. The van der Waals surface area contributed by atoms with Crippen LogP contribution in [-0.2, 0) is 4.74 Å². The summed E-state index contributed by atoms with van der Waals surface area (Å²) in [5, 5.41) is 19.9. The number of phenolic OH excluding ortho intramolecular Hbond substituents is 2.